The average molecular weight is 502 g/mol. The Morgan fingerprint density at radius 1 is 1.06 bits per heavy atom. The fourth-order valence-corrected chi connectivity index (χ4v) is 5.95. The zero-order chi connectivity index (χ0) is 24.3. The van der Waals surface area contributed by atoms with Crippen LogP contribution in [0.5, 0.6) is 0 Å². The molecule has 8 heteroatoms. The van der Waals surface area contributed by atoms with Crippen LogP contribution < -0.4 is 5.32 Å². The molecule has 6 rings (SSSR count). The number of likely N-dealkylation sites (tertiary alicyclic amines) is 1. The number of morpholine rings is 1. The van der Waals surface area contributed by atoms with Crippen molar-refractivity contribution in [2.45, 2.75) is 25.4 Å². The highest BCUT2D eigenvalue weighted by Gasteiger charge is 2.30. The van der Waals surface area contributed by atoms with Gasteiger partial charge in [0.05, 0.1) is 24.4 Å². The zero-order valence-corrected chi connectivity index (χ0v) is 21.1. The summed E-state index contributed by atoms with van der Waals surface area (Å²) >= 11 is 1.64. The van der Waals surface area contributed by atoms with Crippen LogP contribution in [0.15, 0.2) is 59.3 Å². The second-order valence-corrected chi connectivity index (χ2v) is 10.4. The van der Waals surface area contributed by atoms with Gasteiger partial charge in [-0.05, 0) is 72.1 Å². The Bertz CT molecular complexity index is 1310. The van der Waals surface area contributed by atoms with Crippen LogP contribution in [0, 0.1) is 0 Å². The van der Waals surface area contributed by atoms with E-state index >= 15 is 0 Å². The molecular formula is C28H31N5O2S. The van der Waals surface area contributed by atoms with Gasteiger partial charge in [0.25, 0.3) is 0 Å². The molecule has 186 valence electrons. The molecule has 4 aromatic rings. The third kappa shape index (κ3) is 4.95. The summed E-state index contributed by atoms with van der Waals surface area (Å²) in [6.45, 7) is 6.42. The molecule has 2 aromatic carbocycles. The minimum Gasteiger partial charge on any atom is -0.379 e. The Morgan fingerprint density at radius 2 is 1.86 bits per heavy atom. The molecule has 0 saturated carbocycles. The lowest BCUT2D eigenvalue weighted by Crippen LogP contribution is -2.35. The molecule has 0 bridgehead atoms. The number of hydrogen-bond donors (Lipinski definition) is 2. The van der Waals surface area contributed by atoms with Crippen molar-refractivity contribution in [3.05, 3.63) is 70.4 Å². The van der Waals surface area contributed by atoms with Gasteiger partial charge in [0, 0.05) is 36.3 Å². The lowest BCUT2D eigenvalue weighted by atomic mass is 10.0. The maximum absolute atomic E-state index is 13.4. The first kappa shape index (κ1) is 23.4. The van der Waals surface area contributed by atoms with E-state index in [2.05, 4.69) is 61.0 Å². The van der Waals surface area contributed by atoms with E-state index in [9.17, 15) is 4.79 Å². The normalized spacial score (nSPS) is 18.0. The van der Waals surface area contributed by atoms with Crippen LogP contribution in [-0.4, -0.2) is 65.3 Å². The summed E-state index contributed by atoms with van der Waals surface area (Å²) in [5.74, 6) is 0.0205. The molecule has 0 aliphatic carbocycles. The van der Waals surface area contributed by atoms with Crippen LogP contribution in [0.2, 0.25) is 0 Å². The summed E-state index contributed by atoms with van der Waals surface area (Å²) in [7, 11) is 0. The average Bonchev–Trinajstić information content (AvgIpc) is 3.69. The number of rotatable bonds is 7. The van der Waals surface area contributed by atoms with Crippen LogP contribution in [0.25, 0.3) is 22.2 Å². The van der Waals surface area contributed by atoms with Crippen LogP contribution >= 0.6 is 11.3 Å². The monoisotopic (exact) mass is 501 g/mol. The van der Waals surface area contributed by atoms with Gasteiger partial charge in [-0.1, -0.05) is 24.3 Å². The second kappa shape index (κ2) is 10.5. The Balaban J connectivity index is 1.21. The van der Waals surface area contributed by atoms with Gasteiger partial charge in [0.2, 0.25) is 5.91 Å². The number of thiophene rings is 1. The number of nitrogens with one attached hydrogen (secondary N) is 2. The Morgan fingerprint density at radius 3 is 2.61 bits per heavy atom. The summed E-state index contributed by atoms with van der Waals surface area (Å²) < 4.78 is 5.46. The van der Waals surface area contributed by atoms with E-state index in [1.807, 2.05) is 23.6 Å². The number of carbonyl (C=O) groups is 1. The highest BCUT2D eigenvalue weighted by molar-refractivity contribution is 7.08. The number of amides is 1. The predicted octanol–water partition coefficient (Wildman–Crippen LogP) is 4.90. The Labute approximate surface area is 215 Å². The van der Waals surface area contributed by atoms with Gasteiger partial charge in [-0.25, -0.2) is 0 Å². The van der Waals surface area contributed by atoms with Gasteiger partial charge in [0.15, 0.2) is 0 Å². The van der Waals surface area contributed by atoms with Crippen LogP contribution in [-0.2, 0) is 16.1 Å². The molecule has 4 heterocycles. The van der Waals surface area contributed by atoms with E-state index in [4.69, 9.17) is 4.74 Å². The van der Waals surface area contributed by atoms with Crippen molar-refractivity contribution in [2.75, 3.05) is 44.7 Å². The first-order valence-corrected chi connectivity index (χ1v) is 13.6. The van der Waals surface area contributed by atoms with Crippen molar-refractivity contribution in [1.29, 1.82) is 0 Å². The molecule has 2 aromatic heterocycles. The molecule has 2 saturated heterocycles. The fourth-order valence-electron chi connectivity index (χ4n) is 5.27. The minimum absolute atomic E-state index is 0.0205. The van der Waals surface area contributed by atoms with E-state index in [-0.39, 0.29) is 11.9 Å². The number of ether oxygens (including phenoxy) is 1. The van der Waals surface area contributed by atoms with Crippen LogP contribution in [0.3, 0.4) is 0 Å². The smallest absolute Gasteiger partial charge is 0.246 e. The lowest BCUT2D eigenvalue weighted by molar-refractivity contribution is -0.121. The minimum atomic E-state index is -0.253. The number of nitrogens with zero attached hydrogens (tertiary/aromatic N) is 3. The summed E-state index contributed by atoms with van der Waals surface area (Å²) in [6, 6.07) is 16.4. The van der Waals surface area contributed by atoms with Crippen molar-refractivity contribution in [1.82, 2.24) is 20.0 Å². The summed E-state index contributed by atoms with van der Waals surface area (Å²) in [6.07, 6.45) is 2.28. The topological polar surface area (TPSA) is 73.5 Å². The summed E-state index contributed by atoms with van der Waals surface area (Å²) in [5.41, 5.74) is 6.06. The molecular weight excluding hydrogens is 470 g/mol. The highest BCUT2D eigenvalue weighted by Crippen LogP contribution is 2.31. The van der Waals surface area contributed by atoms with Crippen LogP contribution in [0.1, 0.15) is 30.0 Å². The van der Waals surface area contributed by atoms with Gasteiger partial charge in [-0.15, -0.1) is 0 Å². The number of aromatic amines is 1. The molecule has 2 aliphatic rings. The molecule has 0 radical (unpaired) electrons. The van der Waals surface area contributed by atoms with Crippen molar-refractivity contribution in [3.63, 3.8) is 0 Å². The van der Waals surface area contributed by atoms with Gasteiger partial charge < -0.3 is 10.1 Å². The Hall–Kier alpha value is -3.04. The summed E-state index contributed by atoms with van der Waals surface area (Å²) in [4.78, 5) is 18.2. The molecule has 1 unspecified atom stereocenters. The van der Waals surface area contributed by atoms with Crippen molar-refractivity contribution in [2.24, 2.45) is 0 Å². The number of H-pyrrole nitrogens is 1. The van der Waals surface area contributed by atoms with Gasteiger partial charge in [0.1, 0.15) is 6.04 Å². The SMILES string of the molecule is O=C(Nc1ccc2[nH]nc(-c3ccc(CN4CCOCC4)cc3)c2c1)C(c1ccsc1)N1CCCC1. The molecule has 2 fully saturated rings. The number of benzene rings is 2. The number of carbonyl (C=O) groups excluding carboxylic acids is 1. The first-order valence-electron chi connectivity index (χ1n) is 12.7. The standard InChI is InChI=1S/C28H31N5O2S/c34-28(27(22-9-16-36-19-22)33-10-1-2-11-33)29-23-7-8-25-24(17-23)26(31-30-25)21-5-3-20(4-6-21)18-32-12-14-35-15-13-32/h3-9,16-17,19,27H,1-2,10-15,18H2,(H,29,34)(H,30,31). The highest BCUT2D eigenvalue weighted by atomic mass is 32.1. The summed E-state index contributed by atoms with van der Waals surface area (Å²) in [5, 5.41) is 16.1. The van der Waals surface area contributed by atoms with Crippen LogP contribution in [0.4, 0.5) is 5.69 Å². The number of aromatic nitrogens is 2. The van der Waals surface area contributed by atoms with Crippen molar-refractivity contribution < 1.29 is 9.53 Å². The van der Waals surface area contributed by atoms with E-state index in [0.29, 0.717) is 0 Å². The molecule has 7 nitrogen and oxygen atoms in total. The Kier molecular flexibility index (Phi) is 6.83. The second-order valence-electron chi connectivity index (χ2n) is 9.61. The fraction of sp³-hybridized carbons (Fsp3) is 0.357. The number of fused-ring (bicyclic) bond motifs is 1. The number of anilines is 1. The van der Waals surface area contributed by atoms with Gasteiger partial charge in [-0.2, -0.15) is 16.4 Å². The first-order chi connectivity index (χ1) is 17.7. The van der Waals surface area contributed by atoms with Crippen molar-refractivity contribution in [3.8, 4) is 11.3 Å². The predicted molar refractivity (Wildman–Crippen MR) is 144 cm³/mol. The van der Waals surface area contributed by atoms with Crippen molar-refractivity contribution >= 4 is 33.8 Å². The van der Waals surface area contributed by atoms with E-state index in [1.165, 1.54) is 5.56 Å². The van der Waals surface area contributed by atoms with Gasteiger partial charge in [-0.3, -0.25) is 19.7 Å². The molecule has 0 spiro atoms. The van der Waals surface area contributed by atoms with E-state index in [0.717, 1.165) is 92.2 Å². The molecule has 2 aliphatic heterocycles. The molecule has 1 atom stereocenters. The van der Waals surface area contributed by atoms with E-state index in [1.54, 1.807) is 11.3 Å². The molecule has 2 N–H and O–H groups in total. The molecule has 36 heavy (non-hydrogen) atoms. The van der Waals surface area contributed by atoms with E-state index < -0.39 is 0 Å². The number of hydrogen-bond acceptors (Lipinski definition) is 6. The largest absolute Gasteiger partial charge is 0.379 e. The lowest BCUT2D eigenvalue weighted by Gasteiger charge is -2.26. The van der Waals surface area contributed by atoms with Gasteiger partial charge >= 0.3 is 0 Å². The molecule has 1 amide bonds. The maximum Gasteiger partial charge on any atom is 0.246 e. The quantitative estimate of drug-likeness (QED) is 0.377. The maximum atomic E-state index is 13.4. The third-order valence-corrected chi connectivity index (χ3v) is 7.88. The third-order valence-electron chi connectivity index (χ3n) is 7.18. The zero-order valence-electron chi connectivity index (χ0n) is 20.3.